The number of hydrogen-bond acceptors (Lipinski definition) is 1. The molecule has 0 aromatic carbocycles. The Balaban J connectivity index is 2.02. The van der Waals surface area contributed by atoms with Crippen LogP contribution in [0.3, 0.4) is 0 Å². The molecule has 128 valence electrons. The van der Waals surface area contributed by atoms with Crippen molar-refractivity contribution in [2.75, 3.05) is 0 Å². The van der Waals surface area contributed by atoms with E-state index < -0.39 is 11.4 Å². The van der Waals surface area contributed by atoms with E-state index in [1.165, 1.54) is 24.8 Å². The van der Waals surface area contributed by atoms with Crippen LogP contribution in [0, 0.1) is 28.6 Å². The Labute approximate surface area is 141 Å². The van der Waals surface area contributed by atoms with Gasteiger partial charge in [-0.15, -0.1) is 0 Å². The molecule has 0 bridgehead atoms. The molecule has 0 aromatic rings. The highest BCUT2D eigenvalue weighted by atomic mass is 16.4. The minimum absolute atomic E-state index is 0.162. The van der Waals surface area contributed by atoms with Gasteiger partial charge in [-0.25, -0.2) is 0 Å². The van der Waals surface area contributed by atoms with Gasteiger partial charge in [-0.1, -0.05) is 51.8 Å². The molecule has 3 aliphatic rings. The van der Waals surface area contributed by atoms with Crippen LogP contribution < -0.4 is 0 Å². The zero-order valence-electron chi connectivity index (χ0n) is 15.2. The fourth-order valence-corrected chi connectivity index (χ4v) is 5.99. The summed E-state index contributed by atoms with van der Waals surface area (Å²) in [5.41, 5.74) is 2.74. The van der Waals surface area contributed by atoms with Gasteiger partial charge in [0.25, 0.3) is 0 Å². The van der Waals surface area contributed by atoms with Gasteiger partial charge in [0.2, 0.25) is 0 Å². The van der Waals surface area contributed by atoms with Crippen LogP contribution in [0.2, 0.25) is 0 Å². The first-order chi connectivity index (χ1) is 10.8. The molecule has 0 saturated heterocycles. The normalized spacial score (nSPS) is 40.0. The first-order valence-electron chi connectivity index (χ1n) is 9.49. The maximum atomic E-state index is 12.2. The van der Waals surface area contributed by atoms with Crippen molar-refractivity contribution in [2.45, 2.75) is 72.6 Å². The molecule has 2 nitrogen and oxygen atoms in total. The van der Waals surface area contributed by atoms with E-state index in [1.807, 2.05) is 0 Å². The Hall–Kier alpha value is -1.05. The van der Waals surface area contributed by atoms with Crippen LogP contribution in [-0.2, 0) is 4.79 Å². The number of allylic oxidation sites excluding steroid dienone is 4. The van der Waals surface area contributed by atoms with E-state index in [0.29, 0.717) is 17.8 Å². The minimum atomic E-state index is -0.554. The number of aliphatic carboxylic acids is 1. The Morgan fingerprint density at radius 2 is 2.13 bits per heavy atom. The lowest BCUT2D eigenvalue weighted by Gasteiger charge is -2.57. The third-order valence-electron chi connectivity index (χ3n) is 7.46. The number of fused-ring (bicyclic) bond motifs is 3. The maximum absolute atomic E-state index is 12.2. The zero-order chi connectivity index (χ0) is 16.8. The summed E-state index contributed by atoms with van der Waals surface area (Å²) < 4.78 is 0. The monoisotopic (exact) mass is 316 g/mol. The molecule has 0 heterocycles. The zero-order valence-corrected chi connectivity index (χ0v) is 15.2. The maximum Gasteiger partial charge on any atom is 0.309 e. The average Bonchev–Trinajstić information content (AvgIpc) is 2.52. The summed E-state index contributed by atoms with van der Waals surface area (Å²) in [6, 6.07) is 0. The molecule has 1 saturated carbocycles. The van der Waals surface area contributed by atoms with Crippen molar-refractivity contribution in [1.82, 2.24) is 0 Å². The number of carboxylic acids is 1. The second-order valence-corrected chi connectivity index (χ2v) is 8.63. The molecule has 1 N–H and O–H groups in total. The van der Waals surface area contributed by atoms with Crippen molar-refractivity contribution in [2.24, 2.45) is 28.6 Å². The highest BCUT2D eigenvalue weighted by molar-refractivity contribution is 5.75. The van der Waals surface area contributed by atoms with Gasteiger partial charge < -0.3 is 5.11 Å². The van der Waals surface area contributed by atoms with Crippen molar-refractivity contribution in [3.63, 3.8) is 0 Å². The van der Waals surface area contributed by atoms with Gasteiger partial charge in [0.1, 0.15) is 0 Å². The molecule has 1 unspecified atom stereocenters. The Kier molecular flexibility index (Phi) is 4.23. The quantitative estimate of drug-likeness (QED) is 0.736. The molecule has 4 atom stereocenters. The van der Waals surface area contributed by atoms with Gasteiger partial charge in [0.05, 0.1) is 5.41 Å². The van der Waals surface area contributed by atoms with Crippen LogP contribution >= 0.6 is 0 Å². The molecule has 0 spiro atoms. The fraction of sp³-hybridized carbons (Fsp3) is 0.762. The second kappa shape index (κ2) is 5.79. The average molecular weight is 316 g/mol. The molecule has 3 rings (SSSR count). The van der Waals surface area contributed by atoms with E-state index in [0.717, 1.165) is 25.7 Å². The smallest absolute Gasteiger partial charge is 0.309 e. The number of hydrogen-bond donors (Lipinski definition) is 1. The predicted molar refractivity (Wildman–Crippen MR) is 94.2 cm³/mol. The summed E-state index contributed by atoms with van der Waals surface area (Å²) >= 11 is 0. The Morgan fingerprint density at radius 3 is 2.74 bits per heavy atom. The summed E-state index contributed by atoms with van der Waals surface area (Å²) in [5.74, 6) is 0.938. The number of carboxylic acid groups (broad SMARTS) is 1. The lowest BCUT2D eigenvalue weighted by Crippen LogP contribution is -2.54. The molecule has 0 aliphatic heterocycles. The summed E-state index contributed by atoms with van der Waals surface area (Å²) in [6.07, 6.45) is 12.1. The van der Waals surface area contributed by atoms with Crippen molar-refractivity contribution in [3.8, 4) is 0 Å². The van der Waals surface area contributed by atoms with Gasteiger partial charge in [0.15, 0.2) is 0 Å². The molecule has 3 aliphatic carbocycles. The second-order valence-electron chi connectivity index (χ2n) is 8.63. The molecular formula is C21H32O2. The first kappa shape index (κ1) is 16.8. The third-order valence-corrected chi connectivity index (χ3v) is 7.46. The van der Waals surface area contributed by atoms with Crippen LogP contribution in [0.15, 0.2) is 23.3 Å². The van der Waals surface area contributed by atoms with Crippen LogP contribution in [0.4, 0.5) is 0 Å². The Morgan fingerprint density at radius 1 is 1.39 bits per heavy atom. The van der Waals surface area contributed by atoms with Gasteiger partial charge in [-0.2, -0.15) is 0 Å². The van der Waals surface area contributed by atoms with E-state index in [-0.39, 0.29) is 5.41 Å². The van der Waals surface area contributed by atoms with Crippen LogP contribution in [0.5, 0.6) is 0 Å². The third kappa shape index (κ3) is 2.40. The van der Waals surface area contributed by atoms with E-state index in [4.69, 9.17) is 0 Å². The molecule has 0 radical (unpaired) electrons. The predicted octanol–water partition coefficient (Wildman–Crippen LogP) is 5.60. The van der Waals surface area contributed by atoms with Crippen LogP contribution in [-0.4, -0.2) is 11.1 Å². The summed E-state index contributed by atoms with van der Waals surface area (Å²) in [4.78, 5) is 12.2. The van der Waals surface area contributed by atoms with Crippen LogP contribution in [0.25, 0.3) is 0 Å². The number of rotatable bonds is 3. The topological polar surface area (TPSA) is 37.3 Å². The molecule has 0 amide bonds. The highest BCUT2D eigenvalue weighted by Gasteiger charge is 2.58. The first-order valence-corrected chi connectivity index (χ1v) is 9.49. The molecule has 0 aromatic heterocycles. The van der Waals surface area contributed by atoms with E-state index >= 15 is 0 Å². The largest absolute Gasteiger partial charge is 0.481 e. The molecule has 23 heavy (non-hydrogen) atoms. The van der Waals surface area contributed by atoms with Crippen molar-refractivity contribution >= 4 is 5.97 Å². The lowest BCUT2D eigenvalue weighted by atomic mass is 9.46. The lowest BCUT2D eigenvalue weighted by molar-refractivity contribution is -0.165. The summed E-state index contributed by atoms with van der Waals surface area (Å²) in [6.45, 7) is 9.05. The molecule has 2 heteroatoms. The van der Waals surface area contributed by atoms with Crippen molar-refractivity contribution in [1.29, 1.82) is 0 Å². The van der Waals surface area contributed by atoms with Gasteiger partial charge in [-0.3, -0.25) is 4.79 Å². The summed E-state index contributed by atoms with van der Waals surface area (Å²) in [7, 11) is 0. The van der Waals surface area contributed by atoms with Crippen LogP contribution in [0.1, 0.15) is 72.6 Å². The highest BCUT2D eigenvalue weighted by Crippen LogP contribution is 2.63. The number of carbonyl (C=O) groups is 1. The fourth-order valence-electron chi connectivity index (χ4n) is 5.99. The van der Waals surface area contributed by atoms with E-state index in [9.17, 15) is 9.90 Å². The van der Waals surface area contributed by atoms with Gasteiger partial charge >= 0.3 is 5.97 Å². The minimum Gasteiger partial charge on any atom is -0.481 e. The van der Waals surface area contributed by atoms with E-state index in [2.05, 4.69) is 39.8 Å². The standard InChI is InChI=1S/C21H32O2/c1-5-21(19(22)23)12-6-11-20(4)17-9-7-15(14(2)3)13-16(17)8-10-18(20)21/h8,13-14,17-18H,5-7,9-12H2,1-4H3,(H,22,23)/t17-,18?,20-,21+/m1/s1. The molecule has 1 fully saturated rings. The van der Waals surface area contributed by atoms with Gasteiger partial charge in [-0.05, 0) is 67.3 Å². The van der Waals surface area contributed by atoms with Crippen molar-refractivity contribution < 1.29 is 9.90 Å². The summed E-state index contributed by atoms with van der Waals surface area (Å²) in [5, 5.41) is 10.0. The Bertz CT molecular complexity index is 556. The van der Waals surface area contributed by atoms with Gasteiger partial charge in [0, 0.05) is 0 Å². The SMILES string of the molecule is CC[C@]1(C(=O)O)CCC[C@@]2(C)C1CC=C1C=C(C(C)C)CC[C@H]12. The van der Waals surface area contributed by atoms with Crippen molar-refractivity contribution in [3.05, 3.63) is 23.3 Å². The van der Waals surface area contributed by atoms with E-state index in [1.54, 1.807) is 5.57 Å². The molecular weight excluding hydrogens is 284 g/mol.